The Morgan fingerprint density at radius 1 is 1.16 bits per heavy atom. The second kappa shape index (κ2) is 8.84. The number of aryl methyl sites for hydroxylation is 1. The largest absolute Gasteiger partial charge is 0.506 e. The molecular weight excluding hydrogens is 320 g/mol. The Hall–Kier alpha value is -2.86. The standard InChI is InChI=1S/C19H22N2O4/c1-2-13-8-9-17(22)16(10-13)21-19(24)15(20)11-18(23)25-12-14-6-4-3-5-7-14/h3-10,15,22H,2,11-12,20H2,1H3,(H,21,24)/t15-/m0/s1. The van der Waals surface area contributed by atoms with Gasteiger partial charge in [0.05, 0.1) is 18.2 Å². The molecule has 2 rings (SSSR count). The lowest BCUT2D eigenvalue weighted by molar-refractivity contribution is -0.146. The Bertz CT molecular complexity index is 731. The van der Waals surface area contributed by atoms with Crippen LogP contribution in [-0.4, -0.2) is 23.0 Å². The van der Waals surface area contributed by atoms with Crippen molar-refractivity contribution in [2.24, 2.45) is 5.73 Å². The lowest BCUT2D eigenvalue weighted by atomic mass is 10.1. The maximum atomic E-state index is 12.1. The van der Waals surface area contributed by atoms with Crippen LogP contribution < -0.4 is 11.1 Å². The van der Waals surface area contributed by atoms with E-state index < -0.39 is 17.9 Å². The third kappa shape index (κ3) is 5.61. The van der Waals surface area contributed by atoms with Crippen LogP contribution in [0.25, 0.3) is 0 Å². The van der Waals surface area contributed by atoms with E-state index >= 15 is 0 Å². The number of ether oxygens (including phenoxy) is 1. The van der Waals surface area contributed by atoms with Crippen molar-refractivity contribution in [2.45, 2.75) is 32.4 Å². The molecule has 0 aliphatic carbocycles. The molecule has 0 radical (unpaired) electrons. The molecule has 2 aromatic rings. The molecule has 132 valence electrons. The van der Waals surface area contributed by atoms with Crippen molar-refractivity contribution in [3.8, 4) is 5.75 Å². The van der Waals surface area contributed by atoms with Crippen LogP contribution in [0.2, 0.25) is 0 Å². The van der Waals surface area contributed by atoms with E-state index in [1.54, 1.807) is 12.1 Å². The first-order chi connectivity index (χ1) is 12.0. The Morgan fingerprint density at radius 3 is 2.56 bits per heavy atom. The van der Waals surface area contributed by atoms with Gasteiger partial charge in [0.2, 0.25) is 5.91 Å². The summed E-state index contributed by atoms with van der Waals surface area (Å²) >= 11 is 0. The van der Waals surface area contributed by atoms with E-state index in [0.29, 0.717) is 0 Å². The van der Waals surface area contributed by atoms with Gasteiger partial charge in [-0.15, -0.1) is 0 Å². The number of nitrogens with one attached hydrogen (secondary N) is 1. The lowest BCUT2D eigenvalue weighted by Crippen LogP contribution is -2.37. The summed E-state index contributed by atoms with van der Waals surface area (Å²) in [5.41, 5.74) is 7.86. The number of phenols is 1. The lowest BCUT2D eigenvalue weighted by Gasteiger charge is -2.13. The topological polar surface area (TPSA) is 102 Å². The Kier molecular flexibility index (Phi) is 6.54. The molecule has 0 heterocycles. The van der Waals surface area contributed by atoms with E-state index in [2.05, 4.69) is 5.32 Å². The van der Waals surface area contributed by atoms with Crippen LogP contribution in [0, 0.1) is 0 Å². The van der Waals surface area contributed by atoms with Crippen LogP contribution in [0.4, 0.5) is 5.69 Å². The molecule has 0 aromatic heterocycles. The fraction of sp³-hybridized carbons (Fsp3) is 0.263. The summed E-state index contributed by atoms with van der Waals surface area (Å²) in [5, 5.41) is 12.3. The van der Waals surface area contributed by atoms with E-state index in [0.717, 1.165) is 17.5 Å². The number of phenolic OH excluding ortho intramolecular Hbond substituents is 1. The van der Waals surface area contributed by atoms with E-state index in [1.165, 1.54) is 6.07 Å². The predicted molar refractivity (Wildman–Crippen MR) is 94.9 cm³/mol. The maximum Gasteiger partial charge on any atom is 0.308 e. The maximum absolute atomic E-state index is 12.1. The number of amides is 1. The van der Waals surface area contributed by atoms with Crippen molar-refractivity contribution < 1.29 is 19.4 Å². The summed E-state index contributed by atoms with van der Waals surface area (Å²) in [6.45, 7) is 2.10. The number of hydrogen-bond acceptors (Lipinski definition) is 5. The fourth-order valence-corrected chi connectivity index (χ4v) is 2.20. The molecule has 0 saturated carbocycles. The van der Waals surface area contributed by atoms with Gasteiger partial charge in [0.25, 0.3) is 0 Å². The molecule has 6 heteroatoms. The summed E-state index contributed by atoms with van der Waals surface area (Å²) in [6, 6.07) is 13.1. The highest BCUT2D eigenvalue weighted by molar-refractivity contribution is 5.97. The number of anilines is 1. The number of nitrogens with two attached hydrogens (primary N) is 1. The molecule has 0 unspecified atom stereocenters. The summed E-state index contributed by atoms with van der Waals surface area (Å²) in [5.74, 6) is -1.16. The van der Waals surface area contributed by atoms with Gasteiger partial charge in [-0.25, -0.2) is 0 Å². The van der Waals surface area contributed by atoms with Gasteiger partial charge >= 0.3 is 5.97 Å². The average molecular weight is 342 g/mol. The molecule has 0 spiro atoms. The van der Waals surface area contributed by atoms with Crippen molar-refractivity contribution in [2.75, 3.05) is 5.32 Å². The highest BCUT2D eigenvalue weighted by atomic mass is 16.5. The predicted octanol–water partition coefficient (Wildman–Crippen LogP) is 2.35. The highest BCUT2D eigenvalue weighted by Gasteiger charge is 2.19. The van der Waals surface area contributed by atoms with Gasteiger partial charge in [-0.2, -0.15) is 0 Å². The van der Waals surface area contributed by atoms with Crippen LogP contribution >= 0.6 is 0 Å². The summed E-state index contributed by atoms with van der Waals surface area (Å²) in [7, 11) is 0. The van der Waals surface area contributed by atoms with Crippen LogP contribution in [0.3, 0.4) is 0 Å². The number of carbonyl (C=O) groups is 2. The molecule has 0 bridgehead atoms. The van der Waals surface area contributed by atoms with Crippen molar-refractivity contribution >= 4 is 17.6 Å². The van der Waals surface area contributed by atoms with Gasteiger partial charge in [-0.05, 0) is 29.7 Å². The second-order valence-electron chi connectivity index (χ2n) is 5.65. The Morgan fingerprint density at radius 2 is 1.88 bits per heavy atom. The second-order valence-corrected chi connectivity index (χ2v) is 5.65. The van der Waals surface area contributed by atoms with Gasteiger partial charge in [0, 0.05) is 0 Å². The number of benzene rings is 2. The normalized spacial score (nSPS) is 11.6. The number of rotatable bonds is 7. The fourth-order valence-electron chi connectivity index (χ4n) is 2.20. The Balaban J connectivity index is 1.86. The zero-order chi connectivity index (χ0) is 18.2. The average Bonchev–Trinajstić information content (AvgIpc) is 2.62. The van der Waals surface area contributed by atoms with Gasteiger partial charge in [0.1, 0.15) is 12.4 Å². The first-order valence-electron chi connectivity index (χ1n) is 8.07. The third-order valence-corrected chi connectivity index (χ3v) is 3.69. The third-order valence-electron chi connectivity index (χ3n) is 3.69. The molecule has 1 amide bonds. The van der Waals surface area contributed by atoms with Gasteiger partial charge in [-0.1, -0.05) is 43.3 Å². The number of carbonyl (C=O) groups excluding carboxylic acids is 2. The SMILES string of the molecule is CCc1ccc(O)c(NC(=O)[C@@H](N)CC(=O)OCc2ccccc2)c1. The van der Waals surface area contributed by atoms with Crippen LogP contribution in [0.15, 0.2) is 48.5 Å². The van der Waals surface area contributed by atoms with Crippen molar-refractivity contribution in [3.63, 3.8) is 0 Å². The summed E-state index contributed by atoms with van der Waals surface area (Å²) < 4.78 is 5.11. The molecule has 0 aliphatic heterocycles. The van der Waals surface area contributed by atoms with Crippen molar-refractivity contribution in [3.05, 3.63) is 59.7 Å². The molecule has 25 heavy (non-hydrogen) atoms. The molecule has 0 saturated heterocycles. The smallest absolute Gasteiger partial charge is 0.308 e. The minimum Gasteiger partial charge on any atom is -0.506 e. The monoisotopic (exact) mass is 342 g/mol. The zero-order valence-electron chi connectivity index (χ0n) is 14.1. The van der Waals surface area contributed by atoms with Gasteiger partial charge < -0.3 is 20.9 Å². The van der Waals surface area contributed by atoms with Crippen molar-refractivity contribution in [1.29, 1.82) is 0 Å². The van der Waals surface area contributed by atoms with Crippen LogP contribution in [-0.2, 0) is 27.4 Å². The van der Waals surface area contributed by atoms with E-state index in [1.807, 2.05) is 37.3 Å². The van der Waals surface area contributed by atoms with E-state index in [9.17, 15) is 14.7 Å². The van der Waals surface area contributed by atoms with Crippen LogP contribution in [0.5, 0.6) is 5.75 Å². The first kappa shape index (κ1) is 18.5. The van der Waals surface area contributed by atoms with Crippen molar-refractivity contribution in [1.82, 2.24) is 0 Å². The van der Waals surface area contributed by atoms with Gasteiger partial charge in [0.15, 0.2) is 0 Å². The van der Waals surface area contributed by atoms with E-state index in [4.69, 9.17) is 10.5 Å². The first-order valence-corrected chi connectivity index (χ1v) is 8.07. The van der Waals surface area contributed by atoms with Gasteiger partial charge in [-0.3, -0.25) is 9.59 Å². The zero-order valence-corrected chi connectivity index (χ0v) is 14.1. The molecule has 6 nitrogen and oxygen atoms in total. The number of aromatic hydroxyl groups is 1. The summed E-state index contributed by atoms with van der Waals surface area (Å²) in [4.78, 5) is 23.9. The molecule has 0 aliphatic rings. The van der Waals surface area contributed by atoms with Crippen LogP contribution in [0.1, 0.15) is 24.5 Å². The van der Waals surface area contributed by atoms with E-state index in [-0.39, 0.29) is 24.5 Å². The number of esters is 1. The molecular formula is C19H22N2O4. The summed E-state index contributed by atoms with van der Waals surface area (Å²) in [6.07, 6.45) is 0.522. The Labute approximate surface area is 146 Å². The molecule has 0 fully saturated rings. The molecule has 1 atom stereocenters. The minimum absolute atomic E-state index is 0.0515. The number of hydrogen-bond donors (Lipinski definition) is 3. The molecule has 2 aromatic carbocycles. The quantitative estimate of drug-likeness (QED) is 0.529. The molecule has 4 N–H and O–H groups in total. The highest BCUT2D eigenvalue weighted by Crippen LogP contribution is 2.24. The minimum atomic E-state index is -1.06.